The molecular weight excluding hydrogens is 278 g/mol. The van der Waals surface area contributed by atoms with E-state index in [4.69, 9.17) is 5.11 Å². The Kier molecular flexibility index (Phi) is 5.89. The van der Waals surface area contributed by atoms with Crippen LogP contribution in [0.25, 0.3) is 0 Å². The number of aromatic amines is 2. The highest BCUT2D eigenvalue weighted by Crippen LogP contribution is 2.04. The van der Waals surface area contributed by atoms with Gasteiger partial charge in [0.05, 0.1) is 6.42 Å². The van der Waals surface area contributed by atoms with Crippen LogP contribution in [-0.2, 0) is 16.0 Å². The van der Waals surface area contributed by atoms with Crippen LogP contribution in [0.3, 0.4) is 0 Å². The molecule has 0 aliphatic rings. The molecule has 0 spiro atoms. The lowest BCUT2D eigenvalue weighted by molar-refractivity contribution is -0.138. The van der Waals surface area contributed by atoms with Gasteiger partial charge in [-0.25, -0.2) is 4.79 Å². The lowest BCUT2D eigenvalue weighted by Crippen LogP contribution is -2.34. The first-order valence-electron chi connectivity index (χ1n) is 6.66. The second kappa shape index (κ2) is 7.41. The van der Waals surface area contributed by atoms with Crippen LogP contribution in [0, 0.1) is 6.92 Å². The minimum Gasteiger partial charge on any atom is -0.481 e. The van der Waals surface area contributed by atoms with Crippen LogP contribution in [0.15, 0.2) is 9.59 Å². The minimum atomic E-state index is -0.964. The summed E-state index contributed by atoms with van der Waals surface area (Å²) in [5, 5.41) is 8.63. The van der Waals surface area contributed by atoms with Crippen LogP contribution in [0.2, 0.25) is 0 Å². The number of hydrogen-bond acceptors (Lipinski definition) is 4. The highest BCUT2D eigenvalue weighted by atomic mass is 16.4. The van der Waals surface area contributed by atoms with Crippen molar-refractivity contribution in [2.24, 2.45) is 0 Å². The number of aliphatic carboxylic acids is 1. The summed E-state index contributed by atoms with van der Waals surface area (Å²) < 4.78 is 0. The first-order valence-corrected chi connectivity index (χ1v) is 6.66. The average molecular weight is 297 g/mol. The Labute approximate surface area is 120 Å². The lowest BCUT2D eigenvalue weighted by Gasteiger charge is -2.19. The van der Waals surface area contributed by atoms with E-state index in [0.29, 0.717) is 17.8 Å². The van der Waals surface area contributed by atoms with E-state index in [2.05, 4.69) is 9.97 Å². The zero-order valence-corrected chi connectivity index (χ0v) is 12.1. The fourth-order valence-electron chi connectivity index (χ4n) is 2.01. The van der Waals surface area contributed by atoms with Gasteiger partial charge in [0.2, 0.25) is 5.91 Å². The molecule has 21 heavy (non-hydrogen) atoms. The van der Waals surface area contributed by atoms with E-state index in [1.54, 1.807) is 13.8 Å². The molecule has 0 atom stereocenters. The quantitative estimate of drug-likeness (QED) is 0.633. The zero-order valence-electron chi connectivity index (χ0n) is 12.1. The van der Waals surface area contributed by atoms with Gasteiger partial charge in [-0.15, -0.1) is 0 Å². The summed E-state index contributed by atoms with van der Waals surface area (Å²) in [6.45, 7) is 3.91. The van der Waals surface area contributed by atoms with Crippen molar-refractivity contribution in [3.63, 3.8) is 0 Å². The molecule has 8 heteroatoms. The molecule has 0 bridgehead atoms. The standard InChI is InChI=1S/C13H19N3O5/c1-3-16(7-6-11(18)19)10(17)5-4-9-8(2)14-13(21)15-12(9)20/h3-7H2,1-2H3,(H,18,19)(H2,14,15,20,21). The van der Waals surface area contributed by atoms with Crippen LogP contribution >= 0.6 is 0 Å². The number of carbonyl (C=O) groups is 2. The molecule has 1 aromatic rings. The first kappa shape index (κ1) is 16.7. The van der Waals surface area contributed by atoms with Crippen molar-refractivity contribution in [1.29, 1.82) is 0 Å². The van der Waals surface area contributed by atoms with Crippen molar-refractivity contribution in [3.8, 4) is 0 Å². The summed E-state index contributed by atoms with van der Waals surface area (Å²) >= 11 is 0. The molecule has 8 nitrogen and oxygen atoms in total. The predicted octanol–water partition coefficient (Wildman–Crippen LogP) is -0.373. The van der Waals surface area contributed by atoms with Gasteiger partial charge in [0.25, 0.3) is 5.56 Å². The molecule has 0 fully saturated rings. The number of carboxylic acids is 1. The van der Waals surface area contributed by atoms with Crippen LogP contribution in [0.4, 0.5) is 0 Å². The molecule has 3 N–H and O–H groups in total. The molecule has 0 aliphatic carbocycles. The highest BCUT2D eigenvalue weighted by Gasteiger charge is 2.15. The van der Waals surface area contributed by atoms with Crippen LogP contribution in [0.1, 0.15) is 31.0 Å². The summed E-state index contributed by atoms with van der Waals surface area (Å²) in [6, 6.07) is 0. The van der Waals surface area contributed by atoms with Crippen molar-refractivity contribution in [2.45, 2.75) is 33.1 Å². The molecule has 0 radical (unpaired) electrons. The number of H-pyrrole nitrogens is 2. The van der Waals surface area contributed by atoms with E-state index in [1.165, 1.54) is 4.90 Å². The smallest absolute Gasteiger partial charge is 0.325 e. The van der Waals surface area contributed by atoms with Crippen molar-refractivity contribution >= 4 is 11.9 Å². The Hall–Kier alpha value is -2.38. The summed E-state index contributed by atoms with van der Waals surface area (Å²) in [5.41, 5.74) is -0.288. The third-order valence-electron chi connectivity index (χ3n) is 3.17. The fourth-order valence-corrected chi connectivity index (χ4v) is 2.01. The monoisotopic (exact) mass is 297 g/mol. The number of nitrogens with one attached hydrogen (secondary N) is 2. The molecule has 0 saturated carbocycles. The predicted molar refractivity (Wildman–Crippen MR) is 75.2 cm³/mol. The van der Waals surface area contributed by atoms with Gasteiger partial charge in [-0.05, 0) is 20.3 Å². The summed E-state index contributed by atoms with van der Waals surface area (Å²) in [6.07, 6.45) is 0.168. The molecule has 0 unspecified atom stereocenters. The Balaban J connectivity index is 2.70. The molecular formula is C13H19N3O5. The lowest BCUT2D eigenvalue weighted by atomic mass is 10.1. The molecule has 0 aliphatic heterocycles. The third-order valence-corrected chi connectivity index (χ3v) is 3.17. The number of nitrogens with zero attached hydrogens (tertiary/aromatic N) is 1. The molecule has 1 amide bonds. The summed E-state index contributed by atoms with van der Waals surface area (Å²) in [5.74, 6) is -1.18. The molecule has 1 rings (SSSR count). The van der Waals surface area contributed by atoms with Crippen LogP contribution < -0.4 is 11.2 Å². The third kappa shape index (κ3) is 4.90. The number of aryl methyl sites for hydroxylation is 1. The summed E-state index contributed by atoms with van der Waals surface area (Å²) in [7, 11) is 0. The van der Waals surface area contributed by atoms with Gasteiger partial charge in [0.15, 0.2) is 0 Å². The average Bonchev–Trinajstić information content (AvgIpc) is 2.37. The zero-order chi connectivity index (χ0) is 16.0. The van der Waals surface area contributed by atoms with Gasteiger partial charge >= 0.3 is 11.7 Å². The van der Waals surface area contributed by atoms with E-state index >= 15 is 0 Å². The van der Waals surface area contributed by atoms with Crippen molar-refractivity contribution in [2.75, 3.05) is 13.1 Å². The van der Waals surface area contributed by atoms with Crippen molar-refractivity contribution in [3.05, 3.63) is 32.1 Å². The van der Waals surface area contributed by atoms with Crippen LogP contribution in [0.5, 0.6) is 0 Å². The maximum absolute atomic E-state index is 12.0. The summed E-state index contributed by atoms with van der Waals surface area (Å²) in [4.78, 5) is 51.3. The Morgan fingerprint density at radius 1 is 1.19 bits per heavy atom. The number of carbonyl (C=O) groups excluding carboxylic acids is 1. The Morgan fingerprint density at radius 2 is 1.86 bits per heavy atom. The number of amides is 1. The Morgan fingerprint density at radius 3 is 2.38 bits per heavy atom. The van der Waals surface area contributed by atoms with Gasteiger partial charge in [-0.1, -0.05) is 0 Å². The normalized spacial score (nSPS) is 10.4. The van der Waals surface area contributed by atoms with Crippen molar-refractivity contribution < 1.29 is 14.7 Å². The number of aromatic nitrogens is 2. The molecule has 0 aromatic carbocycles. The van der Waals surface area contributed by atoms with E-state index in [0.717, 1.165) is 0 Å². The molecule has 0 saturated heterocycles. The molecule has 1 aromatic heterocycles. The van der Waals surface area contributed by atoms with Gasteiger partial charge in [-0.3, -0.25) is 19.4 Å². The number of rotatable bonds is 7. The van der Waals surface area contributed by atoms with E-state index in [9.17, 15) is 19.2 Å². The highest BCUT2D eigenvalue weighted by molar-refractivity contribution is 5.77. The van der Waals surface area contributed by atoms with Crippen LogP contribution in [-0.4, -0.2) is 44.9 Å². The number of hydrogen-bond donors (Lipinski definition) is 3. The van der Waals surface area contributed by atoms with Gasteiger partial charge in [-0.2, -0.15) is 0 Å². The Bertz CT molecular complexity index is 631. The van der Waals surface area contributed by atoms with E-state index < -0.39 is 17.2 Å². The number of carboxylic acid groups (broad SMARTS) is 1. The van der Waals surface area contributed by atoms with Crippen molar-refractivity contribution in [1.82, 2.24) is 14.9 Å². The molecule has 1 heterocycles. The second-order valence-corrected chi connectivity index (χ2v) is 4.63. The van der Waals surface area contributed by atoms with Gasteiger partial charge < -0.3 is 15.0 Å². The maximum atomic E-state index is 12.0. The van der Waals surface area contributed by atoms with E-state index in [1.807, 2.05) is 0 Å². The second-order valence-electron chi connectivity index (χ2n) is 4.63. The maximum Gasteiger partial charge on any atom is 0.325 e. The van der Waals surface area contributed by atoms with Gasteiger partial charge in [0.1, 0.15) is 0 Å². The fraction of sp³-hybridized carbons (Fsp3) is 0.538. The largest absolute Gasteiger partial charge is 0.481 e. The van der Waals surface area contributed by atoms with E-state index in [-0.39, 0.29) is 31.7 Å². The topological polar surface area (TPSA) is 123 Å². The first-order chi connectivity index (χ1) is 9.85. The van der Waals surface area contributed by atoms with Gasteiger partial charge in [0, 0.05) is 30.8 Å². The molecule has 116 valence electrons. The SMILES string of the molecule is CCN(CCC(=O)O)C(=O)CCc1c(C)[nH]c(=O)[nH]c1=O. The minimum absolute atomic E-state index is 0.0867.